The summed E-state index contributed by atoms with van der Waals surface area (Å²) < 4.78 is 1.49. The predicted molar refractivity (Wildman–Crippen MR) is 91.2 cm³/mol. The van der Waals surface area contributed by atoms with Crippen LogP contribution in [-0.2, 0) is 12.0 Å². The zero-order valence-electron chi connectivity index (χ0n) is 15.1. The summed E-state index contributed by atoms with van der Waals surface area (Å²) in [6, 6.07) is 4.20. The Hall–Kier alpha value is -1.57. The largest absolute Gasteiger partial charge is 0.475 e. The molecule has 0 aliphatic heterocycles. The first-order chi connectivity index (χ1) is 10.1. The van der Waals surface area contributed by atoms with Crippen molar-refractivity contribution < 1.29 is 9.90 Å². The van der Waals surface area contributed by atoms with Gasteiger partial charge < -0.3 is 5.11 Å². The van der Waals surface area contributed by atoms with Crippen molar-refractivity contribution in [2.24, 2.45) is 0 Å². The molecule has 6 heteroatoms. The number of carboxylic acid groups (broad SMARTS) is 1. The molecular formula is C17H23LiN3O2. The molecule has 0 fully saturated rings. The van der Waals surface area contributed by atoms with Crippen LogP contribution in [0.1, 0.15) is 59.5 Å². The minimum atomic E-state index is -1.05. The van der Waals surface area contributed by atoms with Crippen molar-refractivity contribution in [3.8, 4) is 0 Å². The van der Waals surface area contributed by atoms with Gasteiger partial charge in [0.05, 0.1) is 6.54 Å². The Morgan fingerprint density at radius 3 is 2.13 bits per heavy atom. The molecule has 0 aliphatic carbocycles. The standard InChI is InChI=1S/C17H23N3O2.Li/c1-10-7-11(2)13(12(3)8-10)9-20-14(15(21)22)18-16(19-20)17(4,5)6;/h7-8H,9H2,1-6H3,(H,21,22);. The third-order valence-electron chi connectivity index (χ3n) is 3.68. The number of aromatic nitrogens is 3. The van der Waals surface area contributed by atoms with Crippen molar-refractivity contribution >= 4 is 24.8 Å². The van der Waals surface area contributed by atoms with E-state index in [1.165, 1.54) is 10.2 Å². The molecule has 1 heterocycles. The van der Waals surface area contributed by atoms with Gasteiger partial charge in [-0.15, -0.1) is 0 Å². The van der Waals surface area contributed by atoms with E-state index in [0.29, 0.717) is 12.4 Å². The number of carbonyl (C=O) groups is 1. The molecule has 1 radical (unpaired) electrons. The molecule has 119 valence electrons. The molecule has 0 bridgehead atoms. The second-order valence-electron chi connectivity index (χ2n) is 6.85. The number of hydrogen-bond donors (Lipinski definition) is 1. The van der Waals surface area contributed by atoms with Crippen molar-refractivity contribution in [2.75, 3.05) is 0 Å². The van der Waals surface area contributed by atoms with Gasteiger partial charge in [-0.3, -0.25) is 0 Å². The molecule has 0 saturated heterocycles. The van der Waals surface area contributed by atoms with E-state index in [1.807, 2.05) is 34.6 Å². The predicted octanol–water partition coefficient (Wildman–Crippen LogP) is 2.87. The van der Waals surface area contributed by atoms with Crippen LogP contribution in [0, 0.1) is 20.8 Å². The smallest absolute Gasteiger partial charge is 0.373 e. The van der Waals surface area contributed by atoms with Crippen LogP contribution in [0.2, 0.25) is 0 Å². The van der Waals surface area contributed by atoms with Gasteiger partial charge in [-0.2, -0.15) is 5.10 Å². The van der Waals surface area contributed by atoms with Crippen LogP contribution in [0.15, 0.2) is 12.1 Å². The summed E-state index contributed by atoms with van der Waals surface area (Å²) in [6.45, 7) is 12.5. The molecule has 0 atom stereocenters. The molecule has 0 unspecified atom stereocenters. The fourth-order valence-corrected chi connectivity index (χ4v) is 2.54. The van der Waals surface area contributed by atoms with Crippen molar-refractivity contribution in [3.63, 3.8) is 0 Å². The maximum absolute atomic E-state index is 11.5. The summed E-state index contributed by atoms with van der Waals surface area (Å²) in [7, 11) is 0. The topological polar surface area (TPSA) is 68.0 Å². The molecule has 1 N–H and O–H groups in total. The van der Waals surface area contributed by atoms with Gasteiger partial charge in [0.25, 0.3) is 0 Å². The fraction of sp³-hybridized carbons (Fsp3) is 0.471. The summed E-state index contributed by atoms with van der Waals surface area (Å²) >= 11 is 0. The Kier molecular flexibility index (Phi) is 5.84. The second-order valence-corrected chi connectivity index (χ2v) is 6.85. The van der Waals surface area contributed by atoms with Gasteiger partial charge in [0.15, 0.2) is 5.82 Å². The van der Waals surface area contributed by atoms with Gasteiger partial charge in [0.2, 0.25) is 5.82 Å². The number of carboxylic acids is 1. The van der Waals surface area contributed by atoms with Crippen LogP contribution in [-0.4, -0.2) is 44.7 Å². The third kappa shape index (κ3) is 4.24. The van der Waals surface area contributed by atoms with Crippen LogP contribution < -0.4 is 0 Å². The van der Waals surface area contributed by atoms with Gasteiger partial charge in [-0.1, -0.05) is 38.5 Å². The van der Waals surface area contributed by atoms with Crippen molar-refractivity contribution in [1.29, 1.82) is 0 Å². The Morgan fingerprint density at radius 1 is 1.17 bits per heavy atom. The van der Waals surface area contributed by atoms with E-state index in [1.54, 1.807) is 0 Å². The van der Waals surface area contributed by atoms with E-state index in [-0.39, 0.29) is 30.1 Å². The SMILES string of the molecule is Cc1cc(C)c(Cn2nc(C(C)(C)C)nc2C(=O)O)c(C)c1.[Li]. The first-order valence-corrected chi connectivity index (χ1v) is 7.35. The van der Waals surface area contributed by atoms with Crippen molar-refractivity contribution in [3.05, 3.63) is 46.0 Å². The zero-order chi connectivity index (χ0) is 16.7. The monoisotopic (exact) mass is 308 g/mol. The summed E-state index contributed by atoms with van der Waals surface area (Å²) in [5.41, 5.74) is 4.29. The minimum Gasteiger partial charge on any atom is -0.475 e. The van der Waals surface area contributed by atoms with Gasteiger partial charge >= 0.3 is 5.97 Å². The summed E-state index contributed by atoms with van der Waals surface area (Å²) in [4.78, 5) is 15.7. The van der Waals surface area contributed by atoms with E-state index in [4.69, 9.17) is 0 Å². The van der Waals surface area contributed by atoms with E-state index >= 15 is 0 Å². The van der Waals surface area contributed by atoms with Gasteiger partial charge in [-0.25, -0.2) is 14.5 Å². The maximum atomic E-state index is 11.5. The normalized spacial score (nSPS) is 11.2. The molecule has 1 aromatic carbocycles. The Balaban J connectivity index is 0.00000264. The Morgan fingerprint density at radius 2 is 1.70 bits per heavy atom. The quantitative estimate of drug-likeness (QED) is 0.885. The first-order valence-electron chi connectivity index (χ1n) is 7.35. The minimum absolute atomic E-state index is 0. The molecule has 2 rings (SSSR count). The summed E-state index contributed by atoms with van der Waals surface area (Å²) in [5, 5.41) is 13.8. The molecule has 2 aromatic rings. The maximum Gasteiger partial charge on any atom is 0.373 e. The average Bonchev–Trinajstić information content (AvgIpc) is 2.77. The van der Waals surface area contributed by atoms with Crippen LogP contribution >= 0.6 is 0 Å². The average molecular weight is 308 g/mol. The summed E-state index contributed by atoms with van der Waals surface area (Å²) in [6.07, 6.45) is 0. The van der Waals surface area contributed by atoms with E-state index in [2.05, 4.69) is 29.1 Å². The molecule has 1 aromatic heterocycles. The number of aryl methyl sites for hydroxylation is 3. The first kappa shape index (κ1) is 19.5. The molecule has 0 saturated carbocycles. The van der Waals surface area contributed by atoms with E-state index in [9.17, 15) is 9.90 Å². The number of rotatable bonds is 3. The molecule has 23 heavy (non-hydrogen) atoms. The Bertz CT molecular complexity index is 707. The number of aromatic carboxylic acids is 1. The molecule has 5 nitrogen and oxygen atoms in total. The summed E-state index contributed by atoms with van der Waals surface area (Å²) in [5.74, 6) is -0.512. The van der Waals surface area contributed by atoms with Crippen LogP contribution in [0.4, 0.5) is 0 Å². The van der Waals surface area contributed by atoms with Crippen LogP contribution in [0.5, 0.6) is 0 Å². The van der Waals surface area contributed by atoms with Crippen molar-refractivity contribution in [2.45, 2.75) is 53.5 Å². The molecule has 0 aliphatic rings. The molecular weight excluding hydrogens is 285 g/mol. The molecule has 0 amide bonds. The second kappa shape index (κ2) is 6.90. The molecule has 0 spiro atoms. The third-order valence-corrected chi connectivity index (χ3v) is 3.68. The number of nitrogens with zero attached hydrogens (tertiary/aromatic N) is 3. The van der Waals surface area contributed by atoms with Crippen molar-refractivity contribution in [1.82, 2.24) is 14.8 Å². The van der Waals surface area contributed by atoms with Gasteiger partial charge in [0, 0.05) is 24.3 Å². The number of hydrogen-bond acceptors (Lipinski definition) is 3. The Labute approximate surface area is 149 Å². The van der Waals surface area contributed by atoms with Gasteiger partial charge in [-0.05, 0) is 37.5 Å². The van der Waals surface area contributed by atoms with Gasteiger partial charge in [0.1, 0.15) is 0 Å². The van der Waals surface area contributed by atoms with E-state index < -0.39 is 5.97 Å². The zero-order valence-corrected chi connectivity index (χ0v) is 15.1. The van der Waals surface area contributed by atoms with Crippen LogP contribution in [0.25, 0.3) is 0 Å². The number of benzene rings is 1. The fourth-order valence-electron chi connectivity index (χ4n) is 2.54. The van der Waals surface area contributed by atoms with Crippen LogP contribution in [0.3, 0.4) is 0 Å². The van der Waals surface area contributed by atoms with E-state index in [0.717, 1.165) is 16.7 Å².